The lowest BCUT2D eigenvalue weighted by molar-refractivity contribution is 0.336. The normalized spacial score (nSPS) is 10.9. The number of hydrogen-bond donors (Lipinski definition) is 2. The van der Waals surface area contributed by atoms with Gasteiger partial charge in [-0.3, -0.25) is 0 Å². The van der Waals surface area contributed by atoms with Gasteiger partial charge in [0, 0.05) is 30.5 Å². The van der Waals surface area contributed by atoms with E-state index in [2.05, 4.69) is 39.0 Å². The molecule has 1 aromatic carbocycles. The van der Waals surface area contributed by atoms with E-state index in [1.807, 2.05) is 32.0 Å². The van der Waals surface area contributed by atoms with Gasteiger partial charge >= 0.3 is 0 Å². The first-order valence-corrected chi connectivity index (χ1v) is 9.24. The molecule has 2 rings (SSSR count). The van der Waals surface area contributed by atoms with Gasteiger partial charge in [-0.2, -0.15) is 0 Å². The summed E-state index contributed by atoms with van der Waals surface area (Å²) in [5.41, 5.74) is 2.22. The van der Waals surface area contributed by atoms with Gasteiger partial charge in [0.2, 0.25) is 0 Å². The van der Waals surface area contributed by atoms with Crippen molar-refractivity contribution in [3.05, 3.63) is 45.9 Å². The number of nitrogens with one attached hydrogen (secondary N) is 2. The molecule has 0 spiro atoms. The van der Waals surface area contributed by atoms with Gasteiger partial charge in [0.25, 0.3) is 0 Å². The number of guanidine groups is 1. The van der Waals surface area contributed by atoms with E-state index in [1.165, 1.54) is 0 Å². The highest BCUT2D eigenvalue weighted by Crippen LogP contribution is 2.18. The molecular weight excluding hydrogens is 447 g/mol. The average molecular weight is 474 g/mol. The number of nitrogens with zero attached hydrogens (tertiary/aromatic N) is 2. The van der Waals surface area contributed by atoms with Crippen molar-refractivity contribution in [3.8, 4) is 5.75 Å². The molecule has 0 amide bonds. The summed E-state index contributed by atoms with van der Waals surface area (Å²) < 4.78 is 5.65. The van der Waals surface area contributed by atoms with Crippen LogP contribution in [0.1, 0.15) is 30.1 Å². The second-order valence-corrected chi connectivity index (χ2v) is 6.33. The molecule has 0 saturated heterocycles. The molecule has 2 aromatic rings. The molecule has 0 aliphatic heterocycles. The zero-order valence-electron chi connectivity index (χ0n) is 15.0. The summed E-state index contributed by atoms with van der Waals surface area (Å²) in [6, 6.07) is 8.03. The maximum absolute atomic E-state index is 5.65. The molecule has 0 atom stereocenters. The summed E-state index contributed by atoms with van der Waals surface area (Å²) in [6.45, 7) is 8.97. The summed E-state index contributed by atoms with van der Waals surface area (Å²) >= 11 is 1.69. The summed E-state index contributed by atoms with van der Waals surface area (Å²) in [5.74, 6) is 1.72. The van der Waals surface area contributed by atoms with Crippen LogP contribution < -0.4 is 15.4 Å². The van der Waals surface area contributed by atoms with Gasteiger partial charge in [0.05, 0.1) is 23.9 Å². The Kier molecular flexibility index (Phi) is 10.5. The number of ether oxygens (including phenoxy) is 1. The Morgan fingerprint density at radius 2 is 2.04 bits per heavy atom. The van der Waals surface area contributed by atoms with Crippen LogP contribution in [-0.4, -0.2) is 30.6 Å². The smallest absolute Gasteiger partial charge is 0.191 e. The maximum Gasteiger partial charge on any atom is 0.191 e. The quantitative estimate of drug-likeness (QED) is 0.348. The Morgan fingerprint density at radius 1 is 1.24 bits per heavy atom. The molecule has 0 radical (unpaired) electrons. The Bertz CT molecular complexity index is 660. The van der Waals surface area contributed by atoms with Crippen LogP contribution in [0, 0.1) is 6.92 Å². The van der Waals surface area contributed by atoms with Gasteiger partial charge in [-0.1, -0.05) is 18.2 Å². The van der Waals surface area contributed by atoms with E-state index in [1.54, 1.807) is 11.3 Å². The average Bonchev–Trinajstić information content (AvgIpc) is 2.99. The van der Waals surface area contributed by atoms with Gasteiger partial charge in [0.1, 0.15) is 5.75 Å². The summed E-state index contributed by atoms with van der Waals surface area (Å²) in [7, 11) is 0. The Labute approximate surface area is 171 Å². The summed E-state index contributed by atoms with van der Waals surface area (Å²) in [6.07, 6.45) is 0.893. The molecule has 1 heterocycles. The standard InChI is InChI=1S/C18H26N4OS.HI/c1-4-19-18(20-11-10-16-13-24-14(3)22-16)21-12-15-8-6-7-9-17(15)23-5-2;/h6-9,13H,4-5,10-12H2,1-3H3,(H2,19,20,21);1H. The van der Waals surface area contributed by atoms with Crippen LogP contribution in [0.3, 0.4) is 0 Å². The lowest BCUT2D eigenvalue weighted by Crippen LogP contribution is -2.38. The molecule has 7 heteroatoms. The van der Waals surface area contributed by atoms with Crippen LogP contribution in [-0.2, 0) is 13.0 Å². The zero-order chi connectivity index (χ0) is 17.2. The van der Waals surface area contributed by atoms with Gasteiger partial charge in [-0.25, -0.2) is 9.98 Å². The van der Waals surface area contributed by atoms with Crippen molar-refractivity contribution in [3.63, 3.8) is 0 Å². The van der Waals surface area contributed by atoms with Crippen LogP contribution in [0.2, 0.25) is 0 Å². The predicted molar refractivity (Wildman–Crippen MR) is 116 cm³/mol. The van der Waals surface area contributed by atoms with E-state index in [4.69, 9.17) is 4.74 Å². The highest BCUT2D eigenvalue weighted by molar-refractivity contribution is 14.0. The third kappa shape index (κ3) is 7.60. The van der Waals surface area contributed by atoms with E-state index < -0.39 is 0 Å². The van der Waals surface area contributed by atoms with Crippen LogP contribution in [0.4, 0.5) is 0 Å². The Morgan fingerprint density at radius 3 is 2.72 bits per heavy atom. The minimum atomic E-state index is 0. The summed E-state index contributed by atoms with van der Waals surface area (Å²) in [5, 5.41) is 9.86. The summed E-state index contributed by atoms with van der Waals surface area (Å²) in [4.78, 5) is 9.14. The lowest BCUT2D eigenvalue weighted by Gasteiger charge is -2.12. The largest absolute Gasteiger partial charge is 0.494 e. The SMILES string of the molecule is CCNC(=NCc1ccccc1OCC)NCCc1csc(C)n1.I. The van der Waals surface area contributed by atoms with E-state index in [0.717, 1.165) is 47.5 Å². The molecule has 0 aliphatic rings. The topological polar surface area (TPSA) is 58.5 Å². The Hall–Kier alpha value is -1.35. The van der Waals surface area contributed by atoms with Crippen LogP contribution >= 0.6 is 35.3 Å². The second kappa shape index (κ2) is 12.1. The Balaban J connectivity index is 0.00000312. The molecule has 0 saturated carbocycles. The highest BCUT2D eigenvalue weighted by atomic mass is 127. The van der Waals surface area contributed by atoms with Crippen molar-refractivity contribution in [1.82, 2.24) is 15.6 Å². The van der Waals surface area contributed by atoms with Crippen molar-refractivity contribution in [1.29, 1.82) is 0 Å². The lowest BCUT2D eigenvalue weighted by atomic mass is 10.2. The first-order valence-electron chi connectivity index (χ1n) is 8.36. The third-order valence-corrected chi connectivity index (χ3v) is 4.19. The number of rotatable bonds is 8. The predicted octanol–water partition coefficient (Wildman–Crippen LogP) is 3.77. The third-order valence-electron chi connectivity index (χ3n) is 3.36. The molecule has 25 heavy (non-hydrogen) atoms. The minimum absolute atomic E-state index is 0. The molecule has 0 aliphatic carbocycles. The van der Waals surface area contributed by atoms with Crippen LogP contribution in [0.5, 0.6) is 5.75 Å². The van der Waals surface area contributed by atoms with E-state index >= 15 is 0 Å². The first kappa shape index (κ1) is 21.7. The second-order valence-electron chi connectivity index (χ2n) is 5.27. The fraction of sp³-hybridized carbons (Fsp3) is 0.444. The fourth-order valence-corrected chi connectivity index (χ4v) is 2.92. The fourth-order valence-electron chi connectivity index (χ4n) is 2.27. The van der Waals surface area contributed by atoms with E-state index in [9.17, 15) is 0 Å². The molecule has 1 aromatic heterocycles. The molecule has 138 valence electrons. The number of hydrogen-bond acceptors (Lipinski definition) is 4. The van der Waals surface area contributed by atoms with Gasteiger partial charge in [-0.15, -0.1) is 35.3 Å². The number of benzene rings is 1. The number of aryl methyl sites for hydroxylation is 1. The van der Waals surface area contributed by atoms with Crippen molar-refractivity contribution in [2.75, 3.05) is 19.7 Å². The zero-order valence-corrected chi connectivity index (χ0v) is 18.2. The minimum Gasteiger partial charge on any atom is -0.494 e. The molecule has 0 bridgehead atoms. The van der Waals surface area contributed by atoms with Gasteiger partial charge in [0.15, 0.2) is 5.96 Å². The van der Waals surface area contributed by atoms with Crippen LogP contribution in [0.25, 0.3) is 0 Å². The number of aromatic nitrogens is 1. The number of aliphatic imine (C=N–C) groups is 1. The van der Waals surface area contributed by atoms with Crippen molar-refractivity contribution in [2.45, 2.75) is 33.7 Å². The maximum atomic E-state index is 5.65. The van der Waals surface area contributed by atoms with Crippen LogP contribution in [0.15, 0.2) is 34.6 Å². The van der Waals surface area contributed by atoms with Crippen molar-refractivity contribution in [2.24, 2.45) is 4.99 Å². The number of para-hydroxylation sites is 1. The molecule has 0 fully saturated rings. The highest BCUT2D eigenvalue weighted by Gasteiger charge is 2.04. The number of thiazole rings is 1. The number of halogens is 1. The van der Waals surface area contributed by atoms with Gasteiger partial charge in [-0.05, 0) is 26.8 Å². The molecule has 5 nitrogen and oxygen atoms in total. The first-order chi connectivity index (χ1) is 11.7. The molecule has 2 N–H and O–H groups in total. The van der Waals surface area contributed by atoms with Crippen molar-refractivity contribution >= 4 is 41.3 Å². The van der Waals surface area contributed by atoms with Gasteiger partial charge < -0.3 is 15.4 Å². The van der Waals surface area contributed by atoms with E-state index in [-0.39, 0.29) is 24.0 Å². The monoisotopic (exact) mass is 474 g/mol. The molecular formula is C18H27IN4OS. The van der Waals surface area contributed by atoms with Crippen molar-refractivity contribution < 1.29 is 4.74 Å². The van der Waals surface area contributed by atoms with E-state index in [0.29, 0.717) is 13.2 Å². The molecule has 0 unspecified atom stereocenters.